The maximum atomic E-state index is 12.2. The van der Waals surface area contributed by atoms with Crippen molar-refractivity contribution in [3.05, 3.63) is 60.4 Å². The Morgan fingerprint density at radius 3 is 2.45 bits per heavy atom. The van der Waals surface area contributed by atoms with Gasteiger partial charge < -0.3 is 5.32 Å². The van der Waals surface area contributed by atoms with Crippen LogP contribution in [0.5, 0.6) is 0 Å². The lowest BCUT2D eigenvalue weighted by Crippen LogP contribution is -2.12. The Labute approximate surface area is 143 Å². The Hall–Kier alpha value is -0.550. The molecule has 0 unspecified atom stereocenters. The van der Waals surface area contributed by atoms with Crippen LogP contribution in [0.1, 0.15) is 15.9 Å². The van der Waals surface area contributed by atoms with Crippen LogP contribution in [-0.2, 0) is 0 Å². The predicted octanol–water partition coefficient (Wildman–Crippen LogP) is 6.08. The van der Waals surface area contributed by atoms with Crippen molar-refractivity contribution < 1.29 is 4.79 Å². The van der Waals surface area contributed by atoms with E-state index in [-0.39, 0.29) is 5.91 Å². The van der Waals surface area contributed by atoms with Crippen molar-refractivity contribution in [3.8, 4) is 0 Å². The van der Waals surface area contributed by atoms with E-state index in [1.807, 2.05) is 13.0 Å². The Balaban J connectivity index is 2.30. The molecule has 104 valence electrons. The summed E-state index contributed by atoms with van der Waals surface area (Å²) in [4.78, 5) is 12.2. The second-order valence-electron chi connectivity index (χ2n) is 4.19. The van der Waals surface area contributed by atoms with E-state index in [2.05, 4.69) is 37.2 Å². The first kappa shape index (κ1) is 15.8. The van der Waals surface area contributed by atoms with Gasteiger partial charge in [-0.2, -0.15) is 0 Å². The third-order valence-electron chi connectivity index (χ3n) is 2.59. The van der Waals surface area contributed by atoms with E-state index in [4.69, 9.17) is 23.2 Å². The number of aryl methyl sites for hydroxylation is 1. The minimum absolute atomic E-state index is 0.241. The Bertz CT molecular complexity index is 669. The second kappa shape index (κ2) is 6.48. The maximum absolute atomic E-state index is 12.2. The molecule has 0 aliphatic carbocycles. The highest BCUT2D eigenvalue weighted by Crippen LogP contribution is 2.36. The van der Waals surface area contributed by atoms with Crippen LogP contribution < -0.4 is 5.32 Å². The van der Waals surface area contributed by atoms with Crippen LogP contribution in [0.25, 0.3) is 0 Å². The Morgan fingerprint density at radius 1 is 1.10 bits per heavy atom. The summed E-state index contributed by atoms with van der Waals surface area (Å²) in [7, 11) is 0. The molecule has 0 heterocycles. The summed E-state index contributed by atoms with van der Waals surface area (Å²) in [5, 5.41) is 3.43. The fourth-order valence-electron chi connectivity index (χ4n) is 1.68. The van der Waals surface area contributed by atoms with Crippen molar-refractivity contribution in [2.45, 2.75) is 6.92 Å². The van der Waals surface area contributed by atoms with Gasteiger partial charge in [0.15, 0.2) is 0 Å². The van der Waals surface area contributed by atoms with Crippen LogP contribution in [-0.4, -0.2) is 5.91 Å². The smallest absolute Gasteiger partial charge is 0.255 e. The molecule has 0 saturated carbocycles. The van der Waals surface area contributed by atoms with Gasteiger partial charge in [-0.15, -0.1) is 0 Å². The van der Waals surface area contributed by atoms with Gasteiger partial charge >= 0.3 is 0 Å². The molecule has 6 heteroatoms. The van der Waals surface area contributed by atoms with Gasteiger partial charge in [0.25, 0.3) is 5.91 Å². The summed E-state index contributed by atoms with van der Waals surface area (Å²) in [6.07, 6.45) is 0. The largest absolute Gasteiger partial charge is 0.321 e. The van der Waals surface area contributed by atoms with Crippen molar-refractivity contribution >= 4 is 66.7 Å². The fraction of sp³-hybridized carbons (Fsp3) is 0.0714. The van der Waals surface area contributed by atoms with E-state index in [1.54, 1.807) is 24.3 Å². The topological polar surface area (TPSA) is 29.1 Å². The molecule has 1 amide bonds. The summed E-state index contributed by atoms with van der Waals surface area (Å²) >= 11 is 18.8. The van der Waals surface area contributed by atoms with Crippen LogP contribution in [0.15, 0.2) is 39.3 Å². The summed E-state index contributed by atoms with van der Waals surface area (Å²) < 4.78 is 1.53. The van der Waals surface area contributed by atoms with Gasteiger partial charge in [0.1, 0.15) is 0 Å². The van der Waals surface area contributed by atoms with Crippen molar-refractivity contribution in [2.24, 2.45) is 0 Å². The lowest BCUT2D eigenvalue weighted by Gasteiger charge is -2.10. The van der Waals surface area contributed by atoms with E-state index in [0.29, 0.717) is 25.8 Å². The molecule has 0 fully saturated rings. The van der Waals surface area contributed by atoms with Crippen molar-refractivity contribution in [1.29, 1.82) is 0 Å². The predicted molar refractivity (Wildman–Crippen MR) is 91.0 cm³/mol. The third-order valence-corrected chi connectivity index (χ3v) is 4.82. The normalized spacial score (nSPS) is 10.4. The Morgan fingerprint density at radius 2 is 1.80 bits per heavy atom. The average molecular weight is 438 g/mol. The van der Waals surface area contributed by atoms with Crippen LogP contribution in [0.2, 0.25) is 10.0 Å². The van der Waals surface area contributed by atoms with Crippen molar-refractivity contribution in [3.63, 3.8) is 0 Å². The van der Waals surface area contributed by atoms with Gasteiger partial charge in [0.05, 0.1) is 15.7 Å². The molecular formula is C14H9Br2Cl2NO. The molecule has 0 aromatic heterocycles. The van der Waals surface area contributed by atoms with Gasteiger partial charge in [0.2, 0.25) is 0 Å². The molecule has 0 saturated heterocycles. The van der Waals surface area contributed by atoms with E-state index in [9.17, 15) is 4.79 Å². The van der Waals surface area contributed by atoms with E-state index < -0.39 is 0 Å². The summed E-state index contributed by atoms with van der Waals surface area (Å²) in [5.41, 5.74) is 2.01. The molecule has 2 rings (SSSR count). The fourth-order valence-corrected chi connectivity index (χ4v) is 3.11. The minimum atomic E-state index is -0.241. The standard InChI is InChI=1S/C14H9Br2Cl2NO/c1-7-4-8(6-9(15)5-7)14(20)19-11-3-2-10(16)12(17)13(11)18/h2-6H,1H3,(H,19,20). The molecule has 0 radical (unpaired) electrons. The van der Waals surface area contributed by atoms with Gasteiger partial charge in [0, 0.05) is 14.5 Å². The number of benzene rings is 2. The first-order valence-corrected chi connectivity index (χ1v) is 7.94. The molecular weight excluding hydrogens is 429 g/mol. The van der Waals surface area contributed by atoms with Gasteiger partial charge in [-0.05, 0) is 58.7 Å². The molecule has 20 heavy (non-hydrogen) atoms. The van der Waals surface area contributed by atoms with Crippen molar-refractivity contribution in [1.82, 2.24) is 0 Å². The van der Waals surface area contributed by atoms with Gasteiger partial charge in [-0.3, -0.25) is 4.79 Å². The lowest BCUT2D eigenvalue weighted by molar-refractivity contribution is 0.102. The summed E-state index contributed by atoms with van der Waals surface area (Å²) in [6.45, 7) is 1.92. The number of anilines is 1. The molecule has 0 bridgehead atoms. The van der Waals surface area contributed by atoms with Gasteiger partial charge in [-0.1, -0.05) is 39.1 Å². The number of rotatable bonds is 2. The quantitative estimate of drug-likeness (QED) is 0.567. The molecule has 2 aromatic carbocycles. The number of hydrogen-bond acceptors (Lipinski definition) is 1. The highest BCUT2D eigenvalue weighted by molar-refractivity contribution is 9.10. The number of nitrogens with one attached hydrogen (secondary N) is 1. The summed E-state index contributed by atoms with van der Waals surface area (Å²) in [6, 6.07) is 8.91. The minimum Gasteiger partial charge on any atom is -0.321 e. The van der Waals surface area contributed by atoms with E-state index in [1.165, 1.54) is 0 Å². The molecule has 0 aliphatic rings. The van der Waals surface area contributed by atoms with Crippen LogP contribution in [0.4, 0.5) is 5.69 Å². The summed E-state index contributed by atoms with van der Waals surface area (Å²) in [5.74, 6) is -0.241. The molecule has 0 spiro atoms. The number of amides is 1. The molecule has 2 nitrogen and oxygen atoms in total. The van der Waals surface area contributed by atoms with Crippen LogP contribution in [0.3, 0.4) is 0 Å². The monoisotopic (exact) mass is 435 g/mol. The number of hydrogen-bond donors (Lipinski definition) is 1. The second-order valence-corrected chi connectivity index (χ2v) is 6.72. The zero-order chi connectivity index (χ0) is 14.9. The van der Waals surface area contributed by atoms with Gasteiger partial charge in [-0.25, -0.2) is 0 Å². The van der Waals surface area contributed by atoms with Crippen LogP contribution in [0, 0.1) is 6.92 Å². The highest BCUT2D eigenvalue weighted by atomic mass is 79.9. The number of carbonyl (C=O) groups excluding carboxylic acids is 1. The zero-order valence-corrected chi connectivity index (χ0v) is 15.0. The maximum Gasteiger partial charge on any atom is 0.255 e. The highest BCUT2D eigenvalue weighted by Gasteiger charge is 2.13. The first-order chi connectivity index (χ1) is 9.38. The lowest BCUT2D eigenvalue weighted by atomic mass is 10.1. The average Bonchev–Trinajstić information content (AvgIpc) is 2.38. The van der Waals surface area contributed by atoms with Crippen molar-refractivity contribution in [2.75, 3.05) is 5.32 Å². The zero-order valence-electron chi connectivity index (χ0n) is 10.3. The molecule has 2 aromatic rings. The molecule has 0 atom stereocenters. The molecule has 0 aliphatic heterocycles. The van der Waals surface area contributed by atoms with Crippen LogP contribution >= 0.6 is 55.1 Å². The van der Waals surface area contributed by atoms with E-state index in [0.717, 1.165) is 10.0 Å². The Kier molecular flexibility index (Phi) is 5.13. The first-order valence-electron chi connectivity index (χ1n) is 5.60. The molecule has 1 N–H and O–H groups in total. The SMILES string of the molecule is Cc1cc(Br)cc(C(=O)Nc2ccc(Br)c(Cl)c2Cl)c1. The van der Waals surface area contributed by atoms with E-state index >= 15 is 0 Å². The number of halogens is 4. The number of carbonyl (C=O) groups is 1. The third kappa shape index (κ3) is 3.55.